The van der Waals surface area contributed by atoms with E-state index in [2.05, 4.69) is 14.7 Å². The summed E-state index contributed by atoms with van der Waals surface area (Å²) in [5.74, 6) is -0.634. The van der Waals surface area contributed by atoms with Crippen LogP contribution in [0, 0.1) is 0 Å². The molecule has 0 aliphatic carbocycles. The second-order valence-corrected chi connectivity index (χ2v) is 4.86. The average Bonchev–Trinajstić information content (AvgIpc) is 2.93. The lowest BCUT2D eigenvalue weighted by Crippen LogP contribution is -2.23. The Bertz CT molecular complexity index is 639. The van der Waals surface area contributed by atoms with E-state index < -0.39 is 5.97 Å². The fourth-order valence-corrected chi connectivity index (χ4v) is 2.22. The number of carbonyl (C=O) groups excluding carboxylic acids is 1. The fraction of sp³-hybridized carbons (Fsp3) is 0.231. The van der Waals surface area contributed by atoms with Crippen LogP contribution >= 0.6 is 11.5 Å². The van der Waals surface area contributed by atoms with E-state index in [9.17, 15) is 9.59 Å². The van der Waals surface area contributed by atoms with Gasteiger partial charge in [-0.15, -0.1) is 0 Å². The lowest BCUT2D eigenvalue weighted by atomic mass is 10.1. The number of aromatic carboxylic acids is 1. The van der Waals surface area contributed by atoms with E-state index in [1.807, 2.05) is 6.92 Å². The molecule has 0 aliphatic heterocycles. The normalized spacial score (nSPS) is 10.2. The van der Waals surface area contributed by atoms with Crippen molar-refractivity contribution >= 4 is 23.4 Å². The molecule has 0 saturated heterocycles. The molecule has 0 atom stereocenters. The van der Waals surface area contributed by atoms with Crippen LogP contribution in [0.2, 0.25) is 0 Å². The first kappa shape index (κ1) is 14.1. The summed E-state index contributed by atoms with van der Waals surface area (Å²) in [4.78, 5) is 27.0. The van der Waals surface area contributed by atoms with E-state index in [-0.39, 0.29) is 18.0 Å². The van der Waals surface area contributed by atoms with Crippen LogP contribution in [0.1, 0.15) is 38.5 Å². The van der Waals surface area contributed by atoms with Gasteiger partial charge in [-0.1, -0.05) is 13.0 Å². The molecule has 0 unspecified atom stereocenters. The zero-order valence-corrected chi connectivity index (χ0v) is 11.6. The molecule has 2 N–H and O–H groups in total. The zero-order valence-electron chi connectivity index (χ0n) is 10.8. The Kier molecular flexibility index (Phi) is 4.41. The molecule has 0 saturated carbocycles. The summed E-state index contributed by atoms with van der Waals surface area (Å²) in [6, 6.07) is 5.89. The summed E-state index contributed by atoms with van der Waals surface area (Å²) < 4.78 is 4.12. The van der Waals surface area contributed by atoms with Gasteiger partial charge in [0, 0.05) is 12.0 Å². The standard InChI is InChI=1S/C13H13N3O3S/c1-2-10-15-11(20-16-10)7-14-12(17)8-4-3-5-9(6-8)13(18)19/h3-6H,2,7H2,1H3,(H,14,17)(H,18,19). The third kappa shape index (κ3) is 3.39. The van der Waals surface area contributed by atoms with Crippen molar-refractivity contribution in [2.24, 2.45) is 0 Å². The number of aryl methyl sites for hydroxylation is 1. The van der Waals surface area contributed by atoms with Gasteiger partial charge in [0.05, 0.1) is 12.1 Å². The van der Waals surface area contributed by atoms with Gasteiger partial charge in [-0.25, -0.2) is 9.78 Å². The Morgan fingerprint density at radius 1 is 1.35 bits per heavy atom. The van der Waals surface area contributed by atoms with E-state index in [0.29, 0.717) is 5.56 Å². The maximum Gasteiger partial charge on any atom is 0.335 e. The first-order chi connectivity index (χ1) is 9.60. The predicted octanol–water partition coefficient (Wildman–Crippen LogP) is 1.73. The molecular weight excluding hydrogens is 278 g/mol. The van der Waals surface area contributed by atoms with Crippen molar-refractivity contribution in [3.8, 4) is 0 Å². The quantitative estimate of drug-likeness (QED) is 0.875. The molecule has 1 heterocycles. The Morgan fingerprint density at radius 2 is 2.10 bits per heavy atom. The van der Waals surface area contributed by atoms with Gasteiger partial charge in [-0.2, -0.15) is 4.37 Å². The van der Waals surface area contributed by atoms with Crippen LogP contribution in [0.25, 0.3) is 0 Å². The van der Waals surface area contributed by atoms with Crippen LogP contribution in [0.5, 0.6) is 0 Å². The third-order valence-electron chi connectivity index (χ3n) is 2.60. The number of rotatable bonds is 5. The molecule has 104 valence electrons. The largest absolute Gasteiger partial charge is 0.478 e. The van der Waals surface area contributed by atoms with Gasteiger partial charge in [0.25, 0.3) is 5.91 Å². The highest BCUT2D eigenvalue weighted by Gasteiger charge is 2.10. The topological polar surface area (TPSA) is 92.2 Å². The molecule has 0 radical (unpaired) electrons. The minimum absolute atomic E-state index is 0.0850. The highest BCUT2D eigenvalue weighted by molar-refractivity contribution is 7.05. The van der Waals surface area contributed by atoms with Gasteiger partial charge in [-0.05, 0) is 29.7 Å². The van der Waals surface area contributed by atoms with E-state index in [4.69, 9.17) is 5.11 Å². The molecule has 2 rings (SSSR count). The molecule has 0 spiro atoms. The summed E-state index contributed by atoms with van der Waals surface area (Å²) in [6.07, 6.45) is 0.755. The molecule has 2 aromatic rings. The number of benzene rings is 1. The number of hydrogen-bond donors (Lipinski definition) is 2. The monoisotopic (exact) mass is 291 g/mol. The summed E-state index contributed by atoms with van der Waals surface area (Å²) in [6.45, 7) is 2.25. The summed E-state index contributed by atoms with van der Waals surface area (Å²) in [5.41, 5.74) is 0.395. The molecule has 6 nitrogen and oxygen atoms in total. The maximum atomic E-state index is 11.9. The molecule has 1 amide bonds. The van der Waals surface area contributed by atoms with Gasteiger partial charge >= 0.3 is 5.97 Å². The summed E-state index contributed by atoms with van der Waals surface area (Å²) in [7, 11) is 0. The van der Waals surface area contributed by atoms with Gasteiger partial charge in [0.15, 0.2) is 0 Å². The third-order valence-corrected chi connectivity index (χ3v) is 3.35. The summed E-state index contributed by atoms with van der Waals surface area (Å²) in [5, 5.41) is 12.3. The minimum Gasteiger partial charge on any atom is -0.478 e. The Morgan fingerprint density at radius 3 is 2.75 bits per heavy atom. The van der Waals surface area contributed by atoms with Crippen molar-refractivity contribution in [3.05, 3.63) is 46.2 Å². The first-order valence-corrected chi connectivity index (χ1v) is 6.80. The predicted molar refractivity (Wildman–Crippen MR) is 73.9 cm³/mol. The minimum atomic E-state index is -1.06. The van der Waals surface area contributed by atoms with E-state index >= 15 is 0 Å². The van der Waals surface area contributed by atoms with Gasteiger partial charge in [-0.3, -0.25) is 4.79 Å². The number of amides is 1. The molecule has 20 heavy (non-hydrogen) atoms. The van der Waals surface area contributed by atoms with Crippen LogP contribution in [0.3, 0.4) is 0 Å². The fourth-order valence-electron chi connectivity index (χ4n) is 1.56. The van der Waals surface area contributed by atoms with Crippen molar-refractivity contribution in [1.82, 2.24) is 14.7 Å². The van der Waals surface area contributed by atoms with Crippen LogP contribution < -0.4 is 5.32 Å². The average molecular weight is 291 g/mol. The lowest BCUT2D eigenvalue weighted by molar-refractivity contribution is 0.0697. The number of aromatic nitrogens is 2. The molecular formula is C13H13N3O3S. The zero-order chi connectivity index (χ0) is 14.5. The van der Waals surface area contributed by atoms with Crippen molar-refractivity contribution in [1.29, 1.82) is 0 Å². The Labute approximate surface area is 119 Å². The highest BCUT2D eigenvalue weighted by Crippen LogP contribution is 2.07. The van der Waals surface area contributed by atoms with Crippen LogP contribution in [-0.4, -0.2) is 26.3 Å². The van der Waals surface area contributed by atoms with Gasteiger partial charge < -0.3 is 10.4 Å². The van der Waals surface area contributed by atoms with E-state index in [0.717, 1.165) is 17.3 Å². The molecule has 0 bridgehead atoms. The van der Waals surface area contributed by atoms with Crippen LogP contribution in [0.15, 0.2) is 24.3 Å². The first-order valence-electron chi connectivity index (χ1n) is 6.03. The highest BCUT2D eigenvalue weighted by atomic mass is 32.1. The number of hydrogen-bond acceptors (Lipinski definition) is 5. The molecule has 7 heteroatoms. The second-order valence-electron chi connectivity index (χ2n) is 4.03. The van der Waals surface area contributed by atoms with Gasteiger partial charge in [0.1, 0.15) is 10.8 Å². The Hall–Kier alpha value is -2.28. The number of nitrogens with one attached hydrogen (secondary N) is 1. The van der Waals surface area contributed by atoms with E-state index in [1.54, 1.807) is 12.1 Å². The van der Waals surface area contributed by atoms with Crippen molar-refractivity contribution in [3.63, 3.8) is 0 Å². The SMILES string of the molecule is CCc1nsc(CNC(=O)c2cccc(C(=O)O)c2)n1. The maximum absolute atomic E-state index is 11.9. The number of carboxylic acids is 1. The second kappa shape index (κ2) is 6.25. The van der Waals surface area contributed by atoms with Crippen LogP contribution in [0.4, 0.5) is 0 Å². The molecule has 1 aromatic carbocycles. The molecule has 0 aliphatic rings. The Balaban J connectivity index is 2.01. The number of carbonyl (C=O) groups is 2. The van der Waals surface area contributed by atoms with Crippen molar-refractivity contribution in [2.45, 2.75) is 19.9 Å². The number of carboxylic acid groups (broad SMARTS) is 1. The summed E-state index contributed by atoms with van der Waals surface area (Å²) >= 11 is 1.25. The molecule has 1 aromatic heterocycles. The molecule has 0 fully saturated rings. The van der Waals surface area contributed by atoms with Gasteiger partial charge in [0.2, 0.25) is 0 Å². The smallest absolute Gasteiger partial charge is 0.335 e. The van der Waals surface area contributed by atoms with Crippen LogP contribution in [-0.2, 0) is 13.0 Å². The number of nitrogens with zero attached hydrogens (tertiary/aromatic N) is 2. The van der Waals surface area contributed by atoms with Crippen molar-refractivity contribution in [2.75, 3.05) is 0 Å². The van der Waals surface area contributed by atoms with Crippen molar-refractivity contribution < 1.29 is 14.7 Å². The van der Waals surface area contributed by atoms with E-state index in [1.165, 1.54) is 23.7 Å². The lowest BCUT2D eigenvalue weighted by Gasteiger charge is -2.03.